The van der Waals surface area contributed by atoms with Crippen molar-refractivity contribution in [3.05, 3.63) is 66.5 Å². The fourth-order valence-corrected chi connectivity index (χ4v) is 2.07. The quantitative estimate of drug-likeness (QED) is 0.802. The molecule has 3 aromatic rings. The third-order valence-electron chi connectivity index (χ3n) is 3.16. The highest BCUT2D eigenvalue weighted by Crippen LogP contribution is 2.30. The van der Waals surface area contributed by atoms with Crippen LogP contribution in [-0.4, -0.2) is 19.5 Å². The minimum absolute atomic E-state index is 0.153. The molecule has 0 aliphatic rings. The third-order valence-corrected chi connectivity index (χ3v) is 3.16. The molecule has 3 aromatic heterocycles. The standard InChI is InChI=1S/C15H12F3N5/c16-15(17,18)12-3-5-20-13(8-12)22-9-11-2-1-4-21-14(11)23-7-6-19-10-23/h1-8,10H,9H2,(H,20,22). The molecular weight excluding hydrogens is 307 g/mol. The van der Waals surface area contributed by atoms with Crippen molar-refractivity contribution in [1.82, 2.24) is 19.5 Å². The first-order valence-electron chi connectivity index (χ1n) is 6.73. The second-order valence-electron chi connectivity index (χ2n) is 4.74. The van der Waals surface area contributed by atoms with Crippen LogP contribution in [0.5, 0.6) is 0 Å². The maximum atomic E-state index is 12.7. The van der Waals surface area contributed by atoms with Gasteiger partial charge in [-0.05, 0) is 18.2 Å². The number of rotatable bonds is 4. The Morgan fingerprint density at radius 3 is 2.70 bits per heavy atom. The summed E-state index contributed by atoms with van der Waals surface area (Å²) in [5.41, 5.74) is 0.0701. The topological polar surface area (TPSA) is 55.6 Å². The summed E-state index contributed by atoms with van der Waals surface area (Å²) in [5, 5.41) is 2.89. The van der Waals surface area contributed by atoms with Crippen molar-refractivity contribution in [1.29, 1.82) is 0 Å². The Labute approximate surface area is 129 Å². The van der Waals surface area contributed by atoms with Crippen molar-refractivity contribution in [3.8, 4) is 5.82 Å². The number of halogens is 3. The van der Waals surface area contributed by atoms with Crippen molar-refractivity contribution in [2.45, 2.75) is 12.7 Å². The van der Waals surface area contributed by atoms with Crippen LogP contribution < -0.4 is 5.32 Å². The van der Waals surface area contributed by atoms with Crippen LogP contribution in [-0.2, 0) is 12.7 Å². The van der Waals surface area contributed by atoms with Crippen LogP contribution in [0.4, 0.5) is 19.0 Å². The van der Waals surface area contributed by atoms with Gasteiger partial charge in [0.2, 0.25) is 0 Å². The molecule has 0 atom stereocenters. The number of pyridine rings is 2. The number of hydrogen-bond donors (Lipinski definition) is 1. The molecule has 0 aliphatic heterocycles. The van der Waals surface area contributed by atoms with Crippen molar-refractivity contribution in [3.63, 3.8) is 0 Å². The Morgan fingerprint density at radius 1 is 1.09 bits per heavy atom. The first kappa shape index (κ1) is 15.0. The van der Waals surface area contributed by atoms with E-state index in [2.05, 4.69) is 20.3 Å². The molecule has 8 heteroatoms. The number of alkyl halides is 3. The fraction of sp³-hybridized carbons (Fsp3) is 0.133. The van der Waals surface area contributed by atoms with Crippen molar-refractivity contribution in [2.75, 3.05) is 5.32 Å². The lowest BCUT2D eigenvalue weighted by Gasteiger charge is -2.12. The fourth-order valence-electron chi connectivity index (χ4n) is 2.07. The molecule has 0 radical (unpaired) electrons. The molecule has 0 aromatic carbocycles. The highest BCUT2D eigenvalue weighted by atomic mass is 19.4. The first-order chi connectivity index (χ1) is 11.0. The molecule has 0 spiro atoms. The lowest BCUT2D eigenvalue weighted by Crippen LogP contribution is -2.09. The Hall–Kier alpha value is -2.90. The van der Waals surface area contributed by atoms with Crippen molar-refractivity contribution in [2.24, 2.45) is 0 Å². The first-order valence-corrected chi connectivity index (χ1v) is 6.73. The van der Waals surface area contributed by atoms with E-state index >= 15 is 0 Å². The van der Waals surface area contributed by atoms with Gasteiger partial charge in [-0.2, -0.15) is 13.2 Å². The van der Waals surface area contributed by atoms with Crippen LogP contribution in [0.2, 0.25) is 0 Å². The van der Waals surface area contributed by atoms with E-state index in [0.29, 0.717) is 5.82 Å². The van der Waals surface area contributed by atoms with E-state index in [1.165, 1.54) is 0 Å². The molecule has 3 rings (SSSR count). The molecule has 0 amide bonds. The Bertz CT molecular complexity index is 784. The second-order valence-corrected chi connectivity index (χ2v) is 4.74. The van der Waals surface area contributed by atoms with E-state index < -0.39 is 11.7 Å². The van der Waals surface area contributed by atoms with Crippen molar-refractivity contribution < 1.29 is 13.2 Å². The largest absolute Gasteiger partial charge is 0.416 e. The van der Waals surface area contributed by atoms with Crippen molar-refractivity contribution >= 4 is 5.82 Å². The monoisotopic (exact) mass is 319 g/mol. The SMILES string of the molecule is FC(F)(F)c1ccnc(NCc2cccnc2-n2ccnc2)c1. The summed E-state index contributed by atoms with van der Waals surface area (Å²) in [7, 11) is 0. The van der Waals surface area contributed by atoms with Crippen LogP contribution in [0.15, 0.2) is 55.4 Å². The van der Waals surface area contributed by atoms with E-state index in [9.17, 15) is 13.2 Å². The van der Waals surface area contributed by atoms with Crippen LogP contribution in [0.3, 0.4) is 0 Å². The minimum Gasteiger partial charge on any atom is -0.366 e. The lowest BCUT2D eigenvalue weighted by atomic mass is 10.2. The Morgan fingerprint density at radius 2 is 1.96 bits per heavy atom. The van der Waals surface area contributed by atoms with E-state index in [1.807, 2.05) is 6.07 Å². The molecule has 118 valence electrons. The van der Waals surface area contributed by atoms with E-state index in [-0.39, 0.29) is 12.4 Å². The third kappa shape index (κ3) is 3.47. The van der Waals surface area contributed by atoms with Gasteiger partial charge in [-0.3, -0.25) is 4.57 Å². The Kier molecular flexibility index (Phi) is 3.96. The molecule has 0 bridgehead atoms. The molecule has 0 aliphatic carbocycles. The number of aromatic nitrogens is 4. The molecule has 0 saturated heterocycles. The Balaban J connectivity index is 1.80. The average molecular weight is 319 g/mol. The zero-order valence-corrected chi connectivity index (χ0v) is 11.8. The van der Waals surface area contributed by atoms with Crippen LogP contribution in [0.25, 0.3) is 5.82 Å². The normalized spacial score (nSPS) is 11.4. The number of hydrogen-bond acceptors (Lipinski definition) is 4. The zero-order valence-electron chi connectivity index (χ0n) is 11.8. The van der Waals surface area contributed by atoms with Gasteiger partial charge in [0, 0.05) is 36.9 Å². The summed E-state index contributed by atoms with van der Waals surface area (Å²) in [6.07, 6.45) is 3.35. The number of nitrogens with zero attached hydrogens (tertiary/aromatic N) is 4. The van der Waals surface area contributed by atoms with Gasteiger partial charge in [0.1, 0.15) is 18.0 Å². The number of imidazole rings is 1. The van der Waals surface area contributed by atoms with Crippen LogP contribution in [0, 0.1) is 0 Å². The second kappa shape index (κ2) is 6.07. The smallest absolute Gasteiger partial charge is 0.366 e. The highest BCUT2D eigenvalue weighted by Gasteiger charge is 2.30. The van der Waals surface area contributed by atoms with E-state index in [4.69, 9.17) is 0 Å². The number of nitrogens with one attached hydrogen (secondary N) is 1. The maximum absolute atomic E-state index is 12.7. The van der Waals surface area contributed by atoms with Crippen LogP contribution in [0.1, 0.15) is 11.1 Å². The van der Waals surface area contributed by atoms with Gasteiger partial charge in [-0.15, -0.1) is 0 Å². The predicted octanol–water partition coefficient (Wildman–Crippen LogP) is 3.29. The number of anilines is 1. The molecule has 0 unspecified atom stereocenters. The lowest BCUT2D eigenvalue weighted by molar-refractivity contribution is -0.137. The molecule has 3 heterocycles. The summed E-state index contributed by atoms with van der Waals surface area (Å²) < 4.78 is 39.8. The summed E-state index contributed by atoms with van der Waals surface area (Å²) in [6, 6.07) is 5.51. The summed E-state index contributed by atoms with van der Waals surface area (Å²) >= 11 is 0. The minimum atomic E-state index is -4.39. The molecule has 23 heavy (non-hydrogen) atoms. The molecule has 1 N–H and O–H groups in total. The van der Waals surface area contributed by atoms with Gasteiger partial charge in [0.15, 0.2) is 0 Å². The molecule has 5 nitrogen and oxygen atoms in total. The zero-order chi connectivity index (χ0) is 16.3. The van der Waals surface area contributed by atoms with Gasteiger partial charge >= 0.3 is 6.18 Å². The molecular formula is C15H12F3N5. The van der Waals surface area contributed by atoms with Gasteiger partial charge in [-0.1, -0.05) is 6.07 Å². The van der Waals surface area contributed by atoms with Crippen LogP contribution >= 0.6 is 0 Å². The molecule has 0 saturated carbocycles. The summed E-state index contributed by atoms with van der Waals surface area (Å²) in [6.45, 7) is 0.287. The van der Waals surface area contributed by atoms with E-state index in [0.717, 1.165) is 23.9 Å². The summed E-state index contributed by atoms with van der Waals surface area (Å²) in [4.78, 5) is 12.1. The van der Waals surface area contributed by atoms with Gasteiger partial charge < -0.3 is 5.32 Å². The van der Waals surface area contributed by atoms with E-state index in [1.54, 1.807) is 35.6 Å². The maximum Gasteiger partial charge on any atom is 0.416 e. The summed E-state index contributed by atoms with van der Waals surface area (Å²) in [5.74, 6) is 0.810. The van der Waals surface area contributed by atoms with Gasteiger partial charge in [0.25, 0.3) is 0 Å². The average Bonchev–Trinajstić information content (AvgIpc) is 3.07. The van der Waals surface area contributed by atoms with Gasteiger partial charge in [-0.25, -0.2) is 15.0 Å². The highest BCUT2D eigenvalue weighted by molar-refractivity contribution is 5.42. The molecule has 0 fully saturated rings. The predicted molar refractivity (Wildman–Crippen MR) is 77.9 cm³/mol. The van der Waals surface area contributed by atoms with Gasteiger partial charge in [0.05, 0.1) is 5.56 Å².